The van der Waals surface area contributed by atoms with Crippen LogP contribution in [0.25, 0.3) is 0 Å². The largest absolute Gasteiger partial charge is 0.370 e. The van der Waals surface area contributed by atoms with Gasteiger partial charge in [0.25, 0.3) is 0 Å². The molecular weight excluding hydrogens is 280 g/mol. The molecule has 0 amide bonds. The maximum atomic E-state index is 4.69. The van der Waals surface area contributed by atoms with Gasteiger partial charge in [0.05, 0.1) is 0 Å². The lowest BCUT2D eigenvalue weighted by Crippen LogP contribution is -2.30. The topological polar surface area (TPSA) is 41.0 Å². The van der Waals surface area contributed by atoms with Crippen LogP contribution in [0.2, 0.25) is 0 Å². The Bertz CT molecular complexity index is 407. The van der Waals surface area contributed by atoms with Gasteiger partial charge in [0.15, 0.2) is 5.16 Å². The van der Waals surface area contributed by atoms with E-state index in [-0.39, 0.29) is 0 Å². The molecule has 0 unspecified atom stereocenters. The molecule has 1 aromatic heterocycles. The fourth-order valence-corrected chi connectivity index (χ4v) is 2.63. The predicted molar refractivity (Wildman–Crippen MR) is 94.6 cm³/mol. The minimum absolute atomic E-state index is 0.727. The first-order valence-electron chi connectivity index (χ1n) is 8.10. The highest BCUT2D eigenvalue weighted by Gasteiger charge is 2.14. The van der Waals surface area contributed by atoms with Gasteiger partial charge >= 0.3 is 0 Å². The molecule has 0 fully saturated rings. The van der Waals surface area contributed by atoms with Crippen molar-refractivity contribution in [2.24, 2.45) is 5.92 Å². The van der Waals surface area contributed by atoms with Crippen molar-refractivity contribution >= 4 is 23.4 Å². The molecule has 0 aliphatic carbocycles. The van der Waals surface area contributed by atoms with E-state index in [1.54, 1.807) is 11.8 Å². The van der Waals surface area contributed by atoms with E-state index in [1.165, 1.54) is 12.8 Å². The van der Waals surface area contributed by atoms with E-state index in [0.717, 1.165) is 48.8 Å². The molecule has 1 aromatic rings. The number of nitrogens with zero attached hydrogens (tertiary/aromatic N) is 3. The smallest absolute Gasteiger partial charge is 0.191 e. The fourth-order valence-electron chi connectivity index (χ4n) is 2.25. The molecule has 0 bridgehead atoms. The Morgan fingerprint density at radius 1 is 1.19 bits per heavy atom. The highest BCUT2D eigenvalue weighted by atomic mass is 32.2. The minimum Gasteiger partial charge on any atom is -0.370 e. The standard InChI is InChI=1S/C16H30N4S/c1-6-10-17-14-11-15(19-16(18-14)21-5)20(9-4)12-13(7-2)8-3/h11,13H,6-10,12H2,1-5H3,(H,17,18,19). The van der Waals surface area contributed by atoms with Crippen molar-refractivity contribution in [2.75, 3.05) is 36.1 Å². The minimum atomic E-state index is 0.727. The van der Waals surface area contributed by atoms with Gasteiger partial charge in [-0.2, -0.15) is 0 Å². The molecule has 1 heterocycles. The molecule has 0 aliphatic rings. The number of thioether (sulfide) groups is 1. The maximum absolute atomic E-state index is 4.69. The van der Waals surface area contributed by atoms with Crippen LogP contribution >= 0.6 is 11.8 Å². The number of hydrogen-bond donors (Lipinski definition) is 1. The van der Waals surface area contributed by atoms with Gasteiger partial charge < -0.3 is 10.2 Å². The van der Waals surface area contributed by atoms with E-state index < -0.39 is 0 Å². The van der Waals surface area contributed by atoms with Crippen molar-refractivity contribution in [1.82, 2.24) is 9.97 Å². The Hall–Kier alpha value is -0.970. The molecule has 120 valence electrons. The Balaban J connectivity index is 2.95. The van der Waals surface area contributed by atoms with Crippen molar-refractivity contribution in [3.63, 3.8) is 0 Å². The molecule has 1 N–H and O–H groups in total. The van der Waals surface area contributed by atoms with Crippen molar-refractivity contribution in [3.05, 3.63) is 6.07 Å². The second kappa shape index (κ2) is 9.87. The van der Waals surface area contributed by atoms with E-state index in [2.05, 4.69) is 49.0 Å². The van der Waals surface area contributed by atoms with Crippen LogP contribution in [-0.4, -0.2) is 35.9 Å². The average Bonchev–Trinajstić information content (AvgIpc) is 2.53. The van der Waals surface area contributed by atoms with E-state index in [4.69, 9.17) is 4.98 Å². The van der Waals surface area contributed by atoms with E-state index in [1.807, 2.05) is 6.26 Å². The van der Waals surface area contributed by atoms with Gasteiger partial charge in [-0.15, -0.1) is 0 Å². The van der Waals surface area contributed by atoms with Crippen LogP contribution < -0.4 is 10.2 Å². The van der Waals surface area contributed by atoms with E-state index >= 15 is 0 Å². The van der Waals surface area contributed by atoms with Crippen molar-refractivity contribution in [3.8, 4) is 0 Å². The summed E-state index contributed by atoms with van der Waals surface area (Å²) in [7, 11) is 0. The second-order valence-corrected chi connectivity index (χ2v) is 6.02. The van der Waals surface area contributed by atoms with Gasteiger partial charge in [0.2, 0.25) is 0 Å². The highest BCUT2D eigenvalue weighted by Crippen LogP contribution is 2.22. The summed E-state index contributed by atoms with van der Waals surface area (Å²) in [5, 5.41) is 4.22. The van der Waals surface area contributed by atoms with E-state index in [0.29, 0.717) is 0 Å². The van der Waals surface area contributed by atoms with Crippen LogP contribution in [0, 0.1) is 5.92 Å². The Morgan fingerprint density at radius 3 is 2.43 bits per heavy atom. The summed E-state index contributed by atoms with van der Waals surface area (Å²) < 4.78 is 0. The molecule has 4 nitrogen and oxygen atoms in total. The van der Waals surface area contributed by atoms with Gasteiger partial charge in [-0.3, -0.25) is 0 Å². The van der Waals surface area contributed by atoms with Crippen LogP contribution in [-0.2, 0) is 0 Å². The van der Waals surface area contributed by atoms with Crippen molar-refractivity contribution < 1.29 is 0 Å². The van der Waals surface area contributed by atoms with Crippen LogP contribution in [0.3, 0.4) is 0 Å². The third-order valence-electron chi connectivity index (χ3n) is 3.77. The predicted octanol–water partition coefficient (Wildman–Crippen LogP) is 4.28. The van der Waals surface area contributed by atoms with Gasteiger partial charge in [0.1, 0.15) is 11.6 Å². The first kappa shape index (κ1) is 18.1. The quantitative estimate of drug-likeness (QED) is 0.516. The lowest BCUT2D eigenvalue weighted by Gasteiger charge is -2.27. The number of aromatic nitrogens is 2. The van der Waals surface area contributed by atoms with Gasteiger partial charge in [-0.25, -0.2) is 9.97 Å². The molecule has 1 rings (SSSR count). The first-order chi connectivity index (χ1) is 10.2. The van der Waals surface area contributed by atoms with Gasteiger partial charge in [0, 0.05) is 25.7 Å². The summed E-state index contributed by atoms with van der Waals surface area (Å²) in [5.41, 5.74) is 0. The molecule has 0 aromatic carbocycles. The van der Waals surface area contributed by atoms with Gasteiger partial charge in [-0.05, 0) is 25.5 Å². The van der Waals surface area contributed by atoms with Crippen molar-refractivity contribution in [1.29, 1.82) is 0 Å². The summed E-state index contributed by atoms with van der Waals surface area (Å²) in [5.74, 6) is 2.71. The Labute approximate surface area is 134 Å². The van der Waals surface area contributed by atoms with Crippen LogP contribution in [0.15, 0.2) is 11.2 Å². The average molecular weight is 311 g/mol. The molecule has 0 saturated carbocycles. The number of rotatable bonds is 10. The molecule has 0 radical (unpaired) electrons. The zero-order valence-electron chi connectivity index (χ0n) is 14.1. The van der Waals surface area contributed by atoms with Crippen LogP contribution in [0.1, 0.15) is 47.0 Å². The Morgan fingerprint density at radius 2 is 1.90 bits per heavy atom. The summed E-state index contributed by atoms with van der Waals surface area (Å²) in [6, 6.07) is 2.08. The second-order valence-electron chi connectivity index (χ2n) is 5.25. The SMILES string of the molecule is CCCNc1cc(N(CC)CC(CC)CC)nc(SC)n1. The summed E-state index contributed by atoms with van der Waals surface area (Å²) in [6.45, 7) is 11.9. The zero-order valence-corrected chi connectivity index (χ0v) is 15.0. The van der Waals surface area contributed by atoms with Gasteiger partial charge in [-0.1, -0.05) is 45.4 Å². The molecule has 0 spiro atoms. The zero-order chi connectivity index (χ0) is 15.7. The third-order valence-corrected chi connectivity index (χ3v) is 4.32. The Kier molecular flexibility index (Phi) is 8.50. The fraction of sp³-hybridized carbons (Fsp3) is 0.750. The molecule has 0 saturated heterocycles. The number of nitrogens with one attached hydrogen (secondary N) is 1. The van der Waals surface area contributed by atoms with Crippen molar-refractivity contribution in [2.45, 2.75) is 52.1 Å². The molecule has 21 heavy (non-hydrogen) atoms. The summed E-state index contributed by atoms with van der Waals surface area (Å²) in [6.07, 6.45) is 5.56. The number of hydrogen-bond acceptors (Lipinski definition) is 5. The molecule has 0 atom stereocenters. The van der Waals surface area contributed by atoms with Crippen LogP contribution in [0.4, 0.5) is 11.6 Å². The first-order valence-corrected chi connectivity index (χ1v) is 9.32. The van der Waals surface area contributed by atoms with Crippen LogP contribution in [0.5, 0.6) is 0 Å². The lowest BCUT2D eigenvalue weighted by molar-refractivity contribution is 0.484. The monoisotopic (exact) mass is 310 g/mol. The van der Waals surface area contributed by atoms with E-state index in [9.17, 15) is 0 Å². The maximum Gasteiger partial charge on any atom is 0.191 e. The number of anilines is 2. The summed E-state index contributed by atoms with van der Waals surface area (Å²) >= 11 is 1.60. The molecule has 5 heteroatoms. The third kappa shape index (κ3) is 5.73. The summed E-state index contributed by atoms with van der Waals surface area (Å²) in [4.78, 5) is 11.6. The lowest BCUT2D eigenvalue weighted by atomic mass is 10.0. The molecule has 0 aliphatic heterocycles. The normalized spacial score (nSPS) is 11.0. The molecular formula is C16H30N4S. The highest BCUT2D eigenvalue weighted by molar-refractivity contribution is 7.98.